The molecule has 3 fully saturated rings. The molecule has 31 heavy (non-hydrogen) atoms. The highest BCUT2D eigenvalue weighted by molar-refractivity contribution is 6.08. The topological polar surface area (TPSA) is 17.4 Å². The molecule has 1 aromatic heterocycles. The number of nitrogens with zero attached hydrogens (tertiary/aromatic N) is 2. The molecule has 3 heteroatoms. The van der Waals surface area contributed by atoms with E-state index in [0.29, 0.717) is 6.61 Å². The van der Waals surface area contributed by atoms with Crippen LogP contribution in [0.25, 0.3) is 21.8 Å². The molecule has 0 radical (unpaired) electrons. The zero-order valence-corrected chi connectivity index (χ0v) is 17.8. The van der Waals surface area contributed by atoms with Gasteiger partial charge in [0.1, 0.15) is 12.4 Å². The molecule has 0 amide bonds. The molecule has 7 rings (SSSR count). The number of benzene rings is 3. The molecule has 3 aliphatic heterocycles. The molecule has 2 bridgehead atoms. The van der Waals surface area contributed by atoms with Gasteiger partial charge in [0.2, 0.25) is 0 Å². The maximum Gasteiger partial charge on any atom is 0.121 e. The summed E-state index contributed by atoms with van der Waals surface area (Å²) in [5.74, 6) is 1.83. The minimum Gasteiger partial charge on any atom is -0.489 e. The zero-order valence-electron chi connectivity index (χ0n) is 17.8. The molecular formula is C28H28N2O. The highest BCUT2D eigenvalue weighted by Crippen LogP contribution is 2.35. The number of hydrogen-bond donors (Lipinski definition) is 0. The molecule has 0 unspecified atom stereocenters. The maximum absolute atomic E-state index is 6.21. The van der Waals surface area contributed by atoms with Crippen molar-refractivity contribution in [3.05, 3.63) is 90.1 Å². The number of ether oxygens (including phenoxy) is 1. The molecule has 0 spiro atoms. The quantitative estimate of drug-likeness (QED) is 0.390. The molecule has 4 heterocycles. The number of aromatic nitrogens is 1. The molecule has 3 nitrogen and oxygen atoms in total. The molecule has 3 aromatic carbocycles. The van der Waals surface area contributed by atoms with E-state index < -0.39 is 0 Å². The summed E-state index contributed by atoms with van der Waals surface area (Å²) in [6.07, 6.45) is 6.25. The first kappa shape index (κ1) is 18.6. The van der Waals surface area contributed by atoms with Crippen LogP contribution >= 0.6 is 0 Å². The number of para-hydroxylation sites is 1. The van der Waals surface area contributed by atoms with E-state index in [1.54, 1.807) is 0 Å². The van der Waals surface area contributed by atoms with E-state index in [1.807, 2.05) is 0 Å². The van der Waals surface area contributed by atoms with Crippen LogP contribution in [0.3, 0.4) is 0 Å². The predicted molar refractivity (Wildman–Crippen MR) is 127 cm³/mol. The molecule has 3 saturated heterocycles. The first-order valence-corrected chi connectivity index (χ1v) is 11.5. The normalized spacial score (nSPS) is 17.8. The number of fused-ring (bicyclic) bond motifs is 6. The average molecular weight is 409 g/mol. The number of hydrogen-bond acceptors (Lipinski definition) is 2. The van der Waals surface area contributed by atoms with E-state index in [2.05, 4.69) is 88.3 Å². The third-order valence-electron chi connectivity index (χ3n) is 7.02. The lowest BCUT2D eigenvalue weighted by Gasteiger charge is -2.42. The highest BCUT2D eigenvalue weighted by atomic mass is 16.5. The number of rotatable bonds is 5. The largest absolute Gasteiger partial charge is 0.489 e. The first-order chi connectivity index (χ1) is 15.3. The molecule has 0 atom stereocenters. The van der Waals surface area contributed by atoms with Gasteiger partial charge >= 0.3 is 0 Å². The van der Waals surface area contributed by atoms with Gasteiger partial charge < -0.3 is 14.2 Å². The van der Waals surface area contributed by atoms with Crippen LogP contribution in [0.2, 0.25) is 0 Å². The molecule has 0 N–H and O–H groups in total. The first-order valence-electron chi connectivity index (χ1n) is 11.5. The average Bonchev–Trinajstić information content (AvgIpc) is 3.14. The second kappa shape index (κ2) is 7.81. The highest BCUT2D eigenvalue weighted by Gasteiger charge is 2.28. The van der Waals surface area contributed by atoms with Gasteiger partial charge in [-0.25, -0.2) is 0 Å². The van der Waals surface area contributed by atoms with Crippen LogP contribution in [0.5, 0.6) is 5.75 Å². The Morgan fingerprint density at radius 2 is 1.61 bits per heavy atom. The number of piperidine rings is 3. The second-order valence-electron chi connectivity index (χ2n) is 8.91. The van der Waals surface area contributed by atoms with Gasteiger partial charge in [0, 0.05) is 47.7 Å². The van der Waals surface area contributed by atoms with E-state index in [0.717, 1.165) is 18.2 Å². The van der Waals surface area contributed by atoms with Crippen LogP contribution in [-0.4, -0.2) is 29.2 Å². The fourth-order valence-corrected chi connectivity index (χ4v) is 5.35. The zero-order chi connectivity index (χ0) is 20.6. The second-order valence-corrected chi connectivity index (χ2v) is 8.91. The van der Waals surface area contributed by atoms with E-state index in [4.69, 9.17) is 4.74 Å². The van der Waals surface area contributed by atoms with Crippen molar-refractivity contribution in [1.29, 1.82) is 0 Å². The molecule has 156 valence electrons. The van der Waals surface area contributed by atoms with E-state index in [9.17, 15) is 0 Å². The Morgan fingerprint density at radius 3 is 2.42 bits per heavy atom. The van der Waals surface area contributed by atoms with E-state index >= 15 is 0 Å². The summed E-state index contributed by atoms with van der Waals surface area (Å²) < 4.78 is 8.62. The van der Waals surface area contributed by atoms with Gasteiger partial charge in [0.25, 0.3) is 0 Å². The van der Waals surface area contributed by atoms with Gasteiger partial charge in [-0.3, -0.25) is 0 Å². The molecule has 3 aliphatic rings. The van der Waals surface area contributed by atoms with Gasteiger partial charge in [0.15, 0.2) is 0 Å². The smallest absolute Gasteiger partial charge is 0.121 e. The summed E-state index contributed by atoms with van der Waals surface area (Å²) >= 11 is 0. The fraction of sp³-hybridized carbons (Fsp3) is 0.286. The Kier molecular flexibility index (Phi) is 4.67. The molecule has 0 saturated carbocycles. The van der Waals surface area contributed by atoms with Crippen molar-refractivity contribution < 1.29 is 4.74 Å². The Labute approximate surface area is 183 Å². The Bertz CT molecular complexity index is 1250. The monoisotopic (exact) mass is 408 g/mol. The van der Waals surface area contributed by atoms with Crippen molar-refractivity contribution >= 4 is 21.8 Å². The summed E-state index contributed by atoms with van der Waals surface area (Å²) in [5, 5.41) is 2.58. The van der Waals surface area contributed by atoms with E-state index in [-0.39, 0.29) is 0 Å². The van der Waals surface area contributed by atoms with Crippen molar-refractivity contribution in [3.8, 4) is 5.75 Å². The van der Waals surface area contributed by atoms with Gasteiger partial charge in [-0.1, -0.05) is 48.5 Å². The van der Waals surface area contributed by atoms with Crippen LogP contribution in [0.4, 0.5) is 0 Å². The summed E-state index contributed by atoms with van der Waals surface area (Å²) in [6, 6.07) is 25.9. The van der Waals surface area contributed by atoms with Gasteiger partial charge in [-0.2, -0.15) is 0 Å². The Balaban J connectivity index is 1.31. The lowest BCUT2D eigenvalue weighted by Crippen LogP contribution is -2.39. The molecule has 4 aromatic rings. The van der Waals surface area contributed by atoms with Crippen molar-refractivity contribution in [2.45, 2.75) is 25.8 Å². The van der Waals surface area contributed by atoms with Gasteiger partial charge in [-0.05, 0) is 55.0 Å². The predicted octanol–water partition coefficient (Wildman–Crippen LogP) is 6.22. The fourth-order valence-electron chi connectivity index (χ4n) is 5.35. The van der Waals surface area contributed by atoms with Crippen LogP contribution in [0, 0.1) is 5.92 Å². The lowest BCUT2D eigenvalue weighted by atomic mass is 9.86. The standard InChI is InChI=1S/C28H28N2O/c1-2-6-22(7-3-1)20-30-27-9-5-4-8-25(27)26-11-10-24(19-28(26)30)31-17-14-23-18-21-12-15-29(23)16-13-21/h1-11,14,19,21H,12-13,15-18,20H2. The van der Waals surface area contributed by atoms with Gasteiger partial charge in [0.05, 0.1) is 5.52 Å². The van der Waals surface area contributed by atoms with Crippen molar-refractivity contribution in [3.63, 3.8) is 0 Å². The third-order valence-corrected chi connectivity index (χ3v) is 7.02. The molecule has 0 aliphatic carbocycles. The molecular weight excluding hydrogens is 380 g/mol. The Hall–Kier alpha value is -3.20. The van der Waals surface area contributed by atoms with Crippen LogP contribution in [0.15, 0.2) is 84.6 Å². The van der Waals surface area contributed by atoms with Crippen molar-refractivity contribution in [2.24, 2.45) is 5.92 Å². The summed E-state index contributed by atoms with van der Waals surface area (Å²) in [7, 11) is 0. The third kappa shape index (κ3) is 3.48. The summed E-state index contributed by atoms with van der Waals surface area (Å²) in [6.45, 7) is 3.95. The summed E-state index contributed by atoms with van der Waals surface area (Å²) in [4.78, 5) is 2.55. The van der Waals surface area contributed by atoms with Crippen LogP contribution in [0.1, 0.15) is 24.8 Å². The SMILES string of the molecule is C(COc1ccc2c3ccccc3n(Cc3ccccc3)c2c1)=C1CC2CCN1CC2. The summed E-state index contributed by atoms with van der Waals surface area (Å²) in [5.41, 5.74) is 5.30. The van der Waals surface area contributed by atoms with Crippen LogP contribution in [-0.2, 0) is 6.54 Å². The lowest BCUT2D eigenvalue weighted by molar-refractivity contribution is 0.158. The number of allylic oxidation sites excluding steroid dienone is 1. The van der Waals surface area contributed by atoms with E-state index in [1.165, 1.54) is 65.4 Å². The minimum atomic E-state index is 0.642. The van der Waals surface area contributed by atoms with Crippen molar-refractivity contribution in [1.82, 2.24) is 9.47 Å². The van der Waals surface area contributed by atoms with Gasteiger partial charge in [-0.15, -0.1) is 0 Å². The van der Waals surface area contributed by atoms with Crippen molar-refractivity contribution in [2.75, 3.05) is 19.7 Å². The van der Waals surface area contributed by atoms with Crippen LogP contribution < -0.4 is 4.74 Å². The minimum absolute atomic E-state index is 0.642. The maximum atomic E-state index is 6.21. The Morgan fingerprint density at radius 1 is 0.839 bits per heavy atom.